The van der Waals surface area contributed by atoms with Gasteiger partial charge >= 0.3 is 87.7 Å². The molecule has 14 heavy (non-hydrogen) atoms. The van der Waals surface area contributed by atoms with Crippen molar-refractivity contribution in [1.82, 2.24) is 0 Å². The maximum atomic E-state index is 10.2. The van der Waals surface area contributed by atoms with Crippen molar-refractivity contribution in [2.45, 2.75) is 59.7 Å². The monoisotopic (exact) mass is 224 g/mol. The van der Waals surface area contributed by atoms with Crippen LogP contribution in [0.15, 0.2) is 0 Å². The molecule has 0 aromatic heterocycles. The second-order valence-electron chi connectivity index (χ2n) is 4.15. The van der Waals surface area contributed by atoms with E-state index in [1.807, 2.05) is 27.7 Å². The van der Waals surface area contributed by atoms with Crippen molar-refractivity contribution in [1.29, 1.82) is 0 Å². The van der Waals surface area contributed by atoms with Crippen molar-refractivity contribution in [2.75, 3.05) is 6.16 Å². The number of hydrogen-bond donors (Lipinski definition) is 1. The molecule has 1 N–H and O–H groups in total. The third-order valence-electron chi connectivity index (χ3n) is 1.69. The molecule has 88 valence electrons. The van der Waals surface area contributed by atoms with Crippen LogP contribution in [0, 0.1) is 0 Å². The molecule has 0 saturated carbocycles. The van der Waals surface area contributed by atoms with Crippen LogP contribution in [-0.4, -0.2) is 23.3 Å². The Kier molecular flexibility index (Phi) is 6.88. The summed E-state index contributed by atoms with van der Waals surface area (Å²) in [6.45, 7) is 9.79. The summed E-state index contributed by atoms with van der Waals surface area (Å²) >= 11 is 0. The topological polar surface area (TPSA) is 38.7 Å². The van der Waals surface area contributed by atoms with Gasteiger partial charge in [-0.15, -0.1) is 0 Å². The fourth-order valence-corrected chi connectivity index (χ4v) is 3.85. The molecule has 0 radical (unpaired) electrons. The van der Waals surface area contributed by atoms with Crippen molar-refractivity contribution in [2.24, 2.45) is 0 Å². The van der Waals surface area contributed by atoms with Crippen LogP contribution in [-0.2, 0) is 9.05 Å². The van der Waals surface area contributed by atoms with E-state index in [0.29, 0.717) is 6.16 Å². The Hall–Kier alpha value is 0.310. The molecule has 0 aliphatic carbocycles. The number of unbranched alkanes of at least 4 members (excludes halogenated alkanes) is 1. The van der Waals surface area contributed by atoms with Crippen molar-refractivity contribution in [3.05, 3.63) is 0 Å². The molecular formula is C10H25O3P. The Bertz CT molecular complexity index is 138. The van der Waals surface area contributed by atoms with E-state index in [9.17, 15) is 4.89 Å². The minimum atomic E-state index is -2.90. The zero-order valence-corrected chi connectivity index (χ0v) is 11.0. The quantitative estimate of drug-likeness (QED) is 0.675. The van der Waals surface area contributed by atoms with Crippen LogP contribution in [0.2, 0.25) is 0 Å². The summed E-state index contributed by atoms with van der Waals surface area (Å²) < 4.78 is 11.0. The molecule has 0 saturated heterocycles. The van der Waals surface area contributed by atoms with Crippen molar-refractivity contribution in [3.8, 4) is 0 Å². The van der Waals surface area contributed by atoms with Crippen LogP contribution in [0.3, 0.4) is 0 Å². The van der Waals surface area contributed by atoms with Gasteiger partial charge in [-0.1, -0.05) is 0 Å². The van der Waals surface area contributed by atoms with Gasteiger partial charge in [0.25, 0.3) is 0 Å². The molecule has 0 aliphatic rings. The molecule has 3 nitrogen and oxygen atoms in total. The zero-order chi connectivity index (χ0) is 11.2. The van der Waals surface area contributed by atoms with Crippen LogP contribution in [0.5, 0.6) is 0 Å². The molecule has 0 rings (SSSR count). The predicted molar refractivity (Wildman–Crippen MR) is 62.8 cm³/mol. The van der Waals surface area contributed by atoms with Gasteiger partial charge < -0.3 is 0 Å². The second kappa shape index (κ2) is 6.73. The van der Waals surface area contributed by atoms with Crippen LogP contribution in [0.4, 0.5) is 0 Å². The standard InChI is InChI=1S/C10H25O3P/c1-6-7-8-14(11,12-9(2)3)13-10(4)5/h9-11,14H,6-8H2,1-5H3. The van der Waals surface area contributed by atoms with Crippen molar-refractivity contribution < 1.29 is 13.9 Å². The van der Waals surface area contributed by atoms with Crippen molar-refractivity contribution in [3.63, 3.8) is 0 Å². The van der Waals surface area contributed by atoms with Gasteiger partial charge in [0.05, 0.1) is 0 Å². The number of hydrogen-bond acceptors (Lipinski definition) is 3. The van der Waals surface area contributed by atoms with E-state index < -0.39 is 7.94 Å². The fourth-order valence-electron chi connectivity index (χ4n) is 1.28. The Morgan fingerprint density at radius 3 is 1.79 bits per heavy atom. The van der Waals surface area contributed by atoms with E-state index in [0.717, 1.165) is 12.8 Å². The Morgan fingerprint density at radius 1 is 1.07 bits per heavy atom. The summed E-state index contributed by atoms with van der Waals surface area (Å²) in [5, 5.41) is 0. The SMILES string of the molecule is CCCC[PH](O)(OC(C)C)OC(C)C. The first kappa shape index (κ1) is 14.3. The summed E-state index contributed by atoms with van der Waals surface area (Å²) in [7, 11) is -2.90. The Morgan fingerprint density at radius 2 is 1.50 bits per heavy atom. The third kappa shape index (κ3) is 6.72. The molecular weight excluding hydrogens is 199 g/mol. The molecule has 0 amide bonds. The first-order valence-corrected chi connectivity index (χ1v) is 7.44. The normalized spacial score (nSPS) is 14.0. The molecule has 0 atom stereocenters. The van der Waals surface area contributed by atoms with Gasteiger partial charge in [-0.05, 0) is 0 Å². The van der Waals surface area contributed by atoms with Gasteiger partial charge in [-0.3, -0.25) is 0 Å². The summed E-state index contributed by atoms with van der Waals surface area (Å²) in [4.78, 5) is 10.2. The van der Waals surface area contributed by atoms with Crippen LogP contribution < -0.4 is 0 Å². The molecule has 0 unspecified atom stereocenters. The van der Waals surface area contributed by atoms with Gasteiger partial charge in [0.2, 0.25) is 0 Å². The van der Waals surface area contributed by atoms with Crippen LogP contribution >= 0.6 is 7.94 Å². The van der Waals surface area contributed by atoms with Crippen molar-refractivity contribution >= 4 is 7.94 Å². The van der Waals surface area contributed by atoms with E-state index in [1.54, 1.807) is 0 Å². The molecule has 0 spiro atoms. The molecule has 0 aliphatic heterocycles. The minimum absolute atomic E-state index is 0.0299. The van der Waals surface area contributed by atoms with Crippen LogP contribution in [0.25, 0.3) is 0 Å². The average molecular weight is 224 g/mol. The summed E-state index contributed by atoms with van der Waals surface area (Å²) in [6.07, 6.45) is 2.74. The van der Waals surface area contributed by atoms with E-state index in [4.69, 9.17) is 9.05 Å². The maximum absolute atomic E-state index is 10.2. The zero-order valence-electron chi connectivity index (χ0n) is 10.0. The van der Waals surface area contributed by atoms with E-state index in [1.165, 1.54) is 0 Å². The molecule has 0 bridgehead atoms. The average Bonchev–Trinajstić information content (AvgIpc) is 1.97. The summed E-state index contributed by atoms with van der Waals surface area (Å²) in [5.74, 6) is 0. The summed E-state index contributed by atoms with van der Waals surface area (Å²) in [5.41, 5.74) is 0. The van der Waals surface area contributed by atoms with Gasteiger partial charge in [-0.25, -0.2) is 0 Å². The Balaban J connectivity index is 4.17. The fraction of sp³-hybridized carbons (Fsp3) is 1.00. The Labute approximate surface area is 88.4 Å². The molecule has 0 fully saturated rings. The molecule has 4 heteroatoms. The second-order valence-corrected chi connectivity index (χ2v) is 6.55. The van der Waals surface area contributed by atoms with E-state index in [-0.39, 0.29) is 12.2 Å². The van der Waals surface area contributed by atoms with Crippen LogP contribution in [0.1, 0.15) is 47.5 Å². The first-order valence-electron chi connectivity index (χ1n) is 5.47. The molecule has 0 aromatic rings. The van der Waals surface area contributed by atoms with Gasteiger partial charge in [0, 0.05) is 0 Å². The van der Waals surface area contributed by atoms with Gasteiger partial charge in [0.15, 0.2) is 0 Å². The van der Waals surface area contributed by atoms with E-state index in [2.05, 4.69) is 6.92 Å². The predicted octanol–water partition coefficient (Wildman–Crippen LogP) is 3.12. The first-order chi connectivity index (χ1) is 6.39. The molecule has 0 aromatic carbocycles. The van der Waals surface area contributed by atoms with Gasteiger partial charge in [-0.2, -0.15) is 0 Å². The molecule has 0 heterocycles. The summed E-state index contributed by atoms with van der Waals surface area (Å²) in [6, 6.07) is 0. The third-order valence-corrected chi connectivity index (χ3v) is 4.35. The van der Waals surface area contributed by atoms with Gasteiger partial charge in [0.1, 0.15) is 0 Å². The number of rotatable bonds is 7. The van der Waals surface area contributed by atoms with E-state index >= 15 is 0 Å².